The molecule has 4 nitrogen and oxygen atoms in total. The Morgan fingerprint density at radius 3 is 1.27 bits per heavy atom. The molecule has 0 aliphatic heterocycles. The van der Waals surface area contributed by atoms with Crippen LogP contribution < -0.4 is 0 Å². The Balaban J connectivity index is 0. The topological polar surface area (TPSA) is 74.6 Å². The van der Waals surface area contributed by atoms with Crippen LogP contribution in [0.2, 0.25) is 0 Å². The lowest BCUT2D eigenvalue weighted by Gasteiger charge is -1.80. The van der Waals surface area contributed by atoms with E-state index in [0.717, 1.165) is 0 Å². The maximum Gasteiger partial charge on any atom is 0.314 e. The quantitative estimate of drug-likeness (QED) is 0.614. The van der Waals surface area contributed by atoms with Crippen LogP contribution in [-0.2, 0) is 9.59 Å². The summed E-state index contributed by atoms with van der Waals surface area (Å²) in [4.78, 5) is 18.9. The molecule has 66 valence electrons. The molecule has 0 saturated heterocycles. The summed E-state index contributed by atoms with van der Waals surface area (Å²) in [6.07, 6.45) is 1.83. The minimum atomic E-state index is -1.31. The third-order valence-corrected chi connectivity index (χ3v) is 0.802. The van der Waals surface area contributed by atoms with E-state index in [1.165, 1.54) is 12.8 Å². The molecule has 0 atom stereocenters. The van der Waals surface area contributed by atoms with E-state index in [1.807, 2.05) is 0 Å². The molecule has 0 aromatic carbocycles. The SMILES string of the molecule is CCCC.O=C(O)CC(=O)O. The van der Waals surface area contributed by atoms with Gasteiger partial charge in [-0.05, 0) is 0 Å². The average Bonchev–Trinajstić information content (AvgIpc) is 1.85. The lowest BCUT2D eigenvalue weighted by molar-refractivity contribution is -0.147. The number of hydrogen-bond donors (Lipinski definition) is 2. The average molecular weight is 162 g/mol. The highest BCUT2D eigenvalue weighted by Gasteiger charge is 2.01. The minimum absolute atomic E-state index is 0.806. The Kier molecular flexibility index (Phi) is 10.2. The van der Waals surface area contributed by atoms with Crippen LogP contribution in [0.5, 0.6) is 0 Å². The molecule has 0 unspecified atom stereocenters. The van der Waals surface area contributed by atoms with Crippen LogP contribution in [0, 0.1) is 0 Å². The fourth-order valence-corrected chi connectivity index (χ4v) is 0.129. The largest absolute Gasteiger partial charge is 0.481 e. The first-order valence-corrected chi connectivity index (χ1v) is 3.48. The summed E-state index contributed by atoms with van der Waals surface area (Å²) in [6.45, 7) is 4.36. The van der Waals surface area contributed by atoms with Crippen molar-refractivity contribution in [2.24, 2.45) is 0 Å². The van der Waals surface area contributed by atoms with Crippen LogP contribution in [0.25, 0.3) is 0 Å². The summed E-state index contributed by atoms with van der Waals surface area (Å²) in [5, 5.41) is 15.4. The van der Waals surface area contributed by atoms with Crippen LogP contribution in [0.15, 0.2) is 0 Å². The van der Waals surface area contributed by atoms with E-state index >= 15 is 0 Å². The molecule has 0 aliphatic carbocycles. The first kappa shape index (κ1) is 12.6. The molecule has 0 aromatic rings. The zero-order valence-corrected chi connectivity index (χ0v) is 6.83. The highest BCUT2D eigenvalue weighted by Crippen LogP contribution is 1.76. The first-order valence-electron chi connectivity index (χ1n) is 3.48. The second kappa shape index (κ2) is 8.94. The molecule has 0 rings (SSSR count). The van der Waals surface area contributed by atoms with Gasteiger partial charge in [0.2, 0.25) is 0 Å². The molecule has 2 N–H and O–H groups in total. The van der Waals surface area contributed by atoms with Crippen molar-refractivity contribution in [3.8, 4) is 0 Å². The minimum Gasteiger partial charge on any atom is -0.481 e. The maximum atomic E-state index is 9.43. The second-order valence-electron chi connectivity index (χ2n) is 1.96. The Morgan fingerprint density at radius 1 is 1.00 bits per heavy atom. The van der Waals surface area contributed by atoms with E-state index in [1.54, 1.807) is 0 Å². The van der Waals surface area contributed by atoms with Gasteiger partial charge in [0.15, 0.2) is 0 Å². The molecule has 0 aromatic heterocycles. The van der Waals surface area contributed by atoms with Gasteiger partial charge < -0.3 is 10.2 Å². The normalized spacial score (nSPS) is 7.82. The molecule has 4 heteroatoms. The summed E-state index contributed by atoms with van der Waals surface area (Å²) in [7, 11) is 0. The van der Waals surface area contributed by atoms with E-state index in [9.17, 15) is 9.59 Å². The van der Waals surface area contributed by atoms with Gasteiger partial charge in [-0.15, -0.1) is 0 Å². The Hall–Kier alpha value is -1.06. The molecular formula is C7H14O4. The third-order valence-electron chi connectivity index (χ3n) is 0.802. The summed E-state index contributed by atoms with van der Waals surface area (Å²) in [5.41, 5.74) is 0. The van der Waals surface area contributed by atoms with E-state index in [0.29, 0.717) is 0 Å². The molecule has 0 fully saturated rings. The van der Waals surface area contributed by atoms with Crippen molar-refractivity contribution >= 4 is 11.9 Å². The van der Waals surface area contributed by atoms with Gasteiger partial charge in [0.1, 0.15) is 6.42 Å². The van der Waals surface area contributed by atoms with Crippen molar-refractivity contribution in [3.63, 3.8) is 0 Å². The number of hydrogen-bond acceptors (Lipinski definition) is 2. The summed E-state index contributed by atoms with van der Waals surface area (Å²) < 4.78 is 0. The molecule has 0 heterocycles. The molecular weight excluding hydrogens is 148 g/mol. The van der Waals surface area contributed by atoms with Gasteiger partial charge in [0.25, 0.3) is 0 Å². The van der Waals surface area contributed by atoms with Gasteiger partial charge in [-0.1, -0.05) is 26.7 Å². The van der Waals surface area contributed by atoms with Crippen LogP contribution in [-0.4, -0.2) is 22.2 Å². The van der Waals surface area contributed by atoms with E-state index in [-0.39, 0.29) is 0 Å². The van der Waals surface area contributed by atoms with Crippen LogP contribution in [0.1, 0.15) is 33.1 Å². The van der Waals surface area contributed by atoms with E-state index in [4.69, 9.17) is 10.2 Å². The monoisotopic (exact) mass is 162 g/mol. The number of aliphatic carboxylic acids is 2. The van der Waals surface area contributed by atoms with Gasteiger partial charge in [0, 0.05) is 0 Å². The van der Waals surface area contributed by atoms with Crippen molar-refractivity contribution in [1.29, 1.82) is 0 Å². The molecule has 0 amide bonds. The van der Waals surface area contributed by atoms with E-state index < -0.39 is 18.4 Å². The van der Waals surface area contributed by atoms with Crippen molar-refractivity contribution in [3.05, 3.63) is 0 Å². The zero-order chi connectivity index (χ0) is 9.28. The predicted octanol–water partition coefficient (Wildman–Crippen LogP) is 1.35. The molecule has 0 saturated carbocycles. The summed E-state index contributed by atoms with van der Waals surface area (Å²) in [6, 6.07) is 0. The summed E-state index contributed by atoms with van der Waals surface area (Å²) in [5.74, 6) is -2.62. The number of rotatable bonds is 3. The van der Waals surface area contributed by atoms with Gasteiger partial charge in [-0.2, -0.15) is 0 Å². The zero-order valence-electron chi connectivity index (χ0n) is 6.83. The number of carboxylic acids is 2. The Bertz CT molecular complexity index is 106. The van der Waals surface area contributed by atoms with Gasteiger partial charge >= 0.3 is 11.9 Å². The van der Waals surface area contributed by atoms with Crippen LogP contribution >= 0.6 is 0 Å². The van der Waals surface area contributed by atoms with Gasteiger partial charge in [0.05, 0.1) is 0 Å². The predicted molar refractivity (Wildman–Crippen MR) is 40.5 cm³/mol. The van der Waals surface area contributed by atoms with Crippen LogP contribution in [0.4, 0.5) is 0 Å². The lowest BCUT2D eigenvalue weighted by Crippen LogP contribution is -2.03. The molecule has 0 radical (unpaired) electrons. The van der Waals surface area contributed by atoms with Crippen LogP contribution in [0.3, 0.4) is 0 Å². The van der Waals surface area contributed by atoms with Crippen molar-refractivity contribution in [1.82, 2.24) is 0 Å². The maximum absolute atomic E-state index is 9.43. The highest BCUT2D eigenvalue weighted by atomic mass is 16.4. The van der Waals surface area contributed by atoms with Crippen molar-refractivity contribution in [2.75, 3.05) is 0 Å². The second-order valence-corrected chi connectivity index (χ2v) is 1.96. The van der Waals surface area contributed by atoms with Crippen molar-refractivity contribution < 1.29 is 19.8 Å². The highest BCUT2D eigenvalue weighted by molar-refractivity contribution is 5.88. The third kappa shape index (κ3) is 27.7. The molecule has 0 spiro atoms. The number of unbranched alkanes of at least 4 members (excludes halogenated alkanes) is 1. The lowest BCUT2D eigenvalue weighted by atomic mass is 10.4. The number of carboxylic acid groups (broad SMARTS) is 2. The standard InChI is InChI=1S/C4H10.C3H4O4/c1-3-4-2;4-2(5)1-3(6)7/h3-4H2,1-2H3;1H2,(H,4,5)(H,6,7). The first-order chi connectivity index (χ1) is 5.04. The molecule has 11 heavy (non-hydrogen) atoms. The van der Waals surface area contributed by atoms with Crippen molar-refractivity contribution in [2.45, 2.75) is 33.1 Å². The summed E-state index contributed by atoms with van der Waals surface area (Å²) >= 11 is 0. The fraction of sp³-hybridized carbons (Fsp3) is 0.714. The van der Waals surface area contributed by atoms with Gasteiger partial charge in [-0.25, -0.2) is 0 Å². The van der Waals surface area contributed by atoms with E-state index in [2.05, 4.69) is 13.8 Å². The number of carbonyl (C=O) groups is 2. The molecule has 0 aliphatic rings. The Labute approximate surface area is 65.8 Å². The fourth-order valence-electron chi connectivity index (χ4n) is 0.129. The molecule has 0 bridgehead atoms. The smallest absolute Gasteiger partial charge is 0.314 e. The Morgan fingerprint density at radius 2 is 1.27 bits per heavy atom. The van der Waals surface area contributed by atoms with Gasteiger partial charge in [-0.3, -0.25) is 9.59 Å².